The zero-order chi connectivity index (χ0) is 42.7. The molecule has 15 nitrogen and oxygen atoms in total. The van der Waals surface area contributed by atoms with Crippen molar-refractivity contribution in [3.05, 3.63) is 99.8 Å². The molecule has 1 saturated carbocycles. The van der Waals surface area contributed by atoms with Crippen LogP contribution >= 0.6 is 0 Å². The summed E-state index contributed by atoms with van der Waals surface area (Å²) in [6.07, 6.45) is 11.3. The van der Waals surface area contributed by atoms with Crippen LogP contribution in [0.1, 0.15) is 76.7 Å². The number of hydrogen-bond donors (Lipinski definition) is 3. The molecule has 3 saturated heterocycles. The maximum Gasteiger partial charge on any atom is 0.420 e. The van der Waals surface area contributed by atoms with Gasteiger partial charge < -0.3 is 24.9 Å². The Bertz CT molecular complexity index is 2570. The first-order valence-corrected chi connectivity index (χ1v) is 22.0. The molecule has 4 fully saturated rings. The lowest BCUT2D eigenvalue weighted by Crippen LogP contribution is -2.43. The Morgan fingerprint density at radius 2 is 1.60 bits per heavy atom. The van der Waals surface area contributed by atoms with Crippen molar-refractivity contribution in [2.45, 2.75) is 88.8 Å². The number of aromatic nitrogens is 4. The van der Waals surface area contributed by atoms with Gasteiger partial charge in [-0.2, -0.15) is 0 Å². The Morgan fingerprint density at radius 3 is 2.37 bits per heavy atom. The first kappa shape index (κ1) is 41.2. The lowest BCUT2D eigenvalue weighted by atomic mass is 9.89. The van der Waals surface area contributed by atoms with Crippen LogP contribution in [0.3, 0.4) is 0 Å². The maximum atomic E-state index is 15.0. The van der Waals surface area contributed by atoms with Crippen molar-refractivity contribution in [1.29, 1.82) is 0 Å². The third-order valence-corrected chi connectivity index (χ3v) is 13.2. The molecular weight excluding hydrogens is 794 g/mol. The molecule has 9 rings (SSSR count). The number of pyridine rings is 1. The summed E-state index contributed by atoms with van der Waals surface area (Å²) in [5.41, 5.74) is 3.13. The van der Waals surface area contributed by atoms with Crippen LogP contribution < -0.4 is 32.2 Å². The molecule has 16 heteroatoms. The van der Waals surface area contributed by atoms with E-state index in [2.05, 4.69) is 35.7 Å². The maximum absolute atomic E-state index is 15.0. The monoisotopic (exact) mass is 845 g/mol. The van der Waals surface area contributed by atoms with Crippen LogP contribution in [0.25, 0.3) is 28.0 Å². The van der Waals surface area contributed by atoms with Gasteiger partial charge in [0.2, 0.25) is 23.7 Å². The highest BCUT2D eigenvalue weighted by Gasteiger charge is 2.32. The number of halogens is 1. The molecule has 1 aliphatic carbocycles. The number of carbonyl (C=O) groups is 3. The molecule has 0 radical (unpaired) electrons. The molecule has 6 heterocycles. The molecule has 3 aliphatic heterocycles. The fraction of sp³-hybridized carbons (Fsp3) is 0.457. The Hall–Kier alpha value is -6.16. The van der Waals surface area contributed by atoms with E-state index in [4.69, 9.17) is 4.42 Å². The average Bonchev–Trinajstić information content (AvgIpc) is 3.60. The number of hydrogen-bond acceptors (Lipinski definition) is 11. The molecule has 324 valence electrons. The molecule has 1 unspecified atom stereocenters. The molecule has 3 N–H and O–H groups in total. The second-order valence-corrected chi connectivity index (χ2v) is 17.3. The number of carbonyl (C=O) groups excluding carboxylic acids is 3. The number of rotatable bonds is 11. The summed E-state index contributed by atoms with van der Waals surface area (Å²) in [6.45, 7) is 4.86. The van der Waals surface area contributed by atoms with E-state index in [0.717, 1.165) is 89.8 Å². The summed E-state index contributed by atoms with van der Waals surface area (Å²) < 4.78 is 23.4. The molecule has 3 aromatic heterocycles. The van der Waals surface area contributed by atoms with Gasteiger partial charge in [0.15, 0.2) is 11.4 Å². The van der Waals surface area contributed by atoms with Crippen molar-refractivity contribution in [2.75, 3.05) is 42.9 Å². The lowest BCUT2D eigenvalue weighted by Gasteiger charge is -2.38. The number of piperidine rings is 3. The minimum atomic E-state index is -0.761. The van der Waals surface area contributed by atoms with Crippen LogP contribution in [-0.2, 0) is 14.4 Å². The molecule has 4 aliphatic rings. The van der Waals surface area contributed by atoms with Crippen molar-refractivity contribution in [1.82, 2.24) is 34.6 Å². The number of likely N-dealkylation sites (tertiary alicyclic amines) is 1. The Kier molecular flexibility index (Phi) is 12.0. The van der Waals surface area contributed by atoms with Crippen LogP contribution in [0.5, 0.6) is 0 Å². The highest BCUT2D eigenvalue weighted by Crippen LogP contribution is 2.31. The summed E-state index contributed by atoms with van der Waals surface area (Å²) in [4.78, 5) is 75.9. The van der Waals surface area contributed by atoms with Crippen LogP contribution in [-0.4, -0.2) is 86.5 Å². The third kappa shape index (κ3) is 9.20. The molecule has 0 spiro atoms. The number of amides is 3. The zero-order valence-corrected chi connectivity index (χ0v) is 34.6. The van der Waals surface area contributed by atoms with Crippen LogP contribution in [0.4, 0.5) is 16.0 Å². The lowest BCUT2D eigenvalue weighted by molar-refractivity contribution is -0.135. The van der Waals surface area contributed by atoms with Crippen LogP contribution in [0.2, 0.25) is 0 Å². The van der Waals surface area contributed by atoms with Gasteiger partial charge in [-0.1, -0.05) is 18.2 Å². The van der Waals surface area contributed by atoms with Gasteiger partial charge in [0.1, 0.15) is 11.7 Å². The normalized spacial score (nSPS) is 21.8. The van der Waals surface area contributed by atoms with Crippen molar-refractivity contribution >= 4 is 40.5 Å². The van der Waals surface area contributed by atoms with Crippen molar-refractivity contribution in [3.8, 4) is 16.9 Å². The summed E-state index contributed by atoms with van der Waals surface area (Å²) in [7, 11) is 0. The van der Waals surface area contributed by atoms with E-state index in [-0.39, 0.29) is 48.0 Å². The standard InChI is InChI=1S/C46H52FN9O6/c47-36-27-48-45(52-43(36)31-4-3-5-35(25-31)55-19-2-1-6-42(55)59)50-33-9-7-32(8-10-33)49-41(58)24-29-15-20-53(21-16-29)28-30-17-22-54(23-18-30)34-11-12-37-39(26-34)62-46(61)56(37)38-13-14-40(57)51-44(38)60/h1-6,11-12,19,25-27,29-30,32-33,38H,7-10,13-18,20-24,28H2,(H,49,58)(H,48,50,52)(H,51,57,60)/t32-,33-,38?. The van der Waals surface area contributed by atoms with Gasteiger partial charge in [0, 0.05) is 79.8 Å². The number of imide groups is 1. The van der Waals surface area contributed by atoms with Gasteiger partial charge in [-0.3, -0.25) is 33.6 Å². The Labute approximate surface area is 357 Å². The fourth-order valence-electron chi connectivity index (χ4n) is 9.75. The van der Waals surface area contributed by atoms with Crippen molar-refractivity contribution < 1.29 is 23.2 Å². The number of nitrogens with zero attached hydrogens (tertiary/aromatic N) is 6. The molecular formula is C46H52FN9O6. The summed E-state index contributed by atoms with van der Waals surface area (Å²) in [5, 5.41) is 9.00. The van der Waals surface area contributed by atoms with E-state index in [9.17, 15) is 28.4 Å². The molecule has 1 atom stereocenters. The predicted octanol–water partition coefficient (Wildman–Crippen LogP) is 5.18. The van der Waals surface area contributed by atoms with Gasteiger partial charge in [0.25, 0.3) is 5.56 Å². The predicted molar refractivity (Wildman–Crippen MR) is 231 cm³/mol. The fourth-order valence-corrected chi connectivity index (χ4v) is 9.75. The van der Waals surface area contributed by atoms with E-state index >= 15 is 0 Å². The topological polar surface area (TPSA) is 177 Å². The molecule has 0 bridgehead atoms. The summed E-state index contributed by atoms with van der Waals surface area (Å²) in [6, 6.07) is 17.2. The van der Waals surface area contributed by atoms with Crippen LogP contribution in [0.15, 0.2) is 87.1 Å². The van der Waals surface area contributed by atoms with Crippen molar-refractivity contribution in [2.24, 2.45) is 11.8 Å². The highest BCUT2D eigenvalue weighted by molar-refractivity contribution is 6.00. The number of oxazole rings is 1. The number of anilines is 2. The second kappa shape index (κ2) is 18.1. The molecule has 2 aromatic carbocycles. The number of nitrogens with one attached hydrogen (secondary N) is 3. The minimum Gasteiger partial charge on any atom is -0.408 e. The molecule has 3 amide bonds. The minimum absolute atomic E-state index is 0.104. The van der Waals surface area contributed by atoms with Gasteiger partial charge in [-0.25, -0.2) is 19.2 Å². The Balaban J connectivity index is 0.686. The summed E-state index contributed by atoms with van der Waals surface area (Å²) in [5.74, 6) is -0.498. The summed E-state index contributed by atoms with van der Waals surface area (Å²) >= 11 is 0. The average molecular weight is 846 g/mol. The largest absolute Gasteiger partial charge is 0.420 e. The molecule has 62 heavy (non-hydrogen) atoms. The smallest absolute Gasteiger partial charge is 0.408 e. The van der Waals surface area contributed by atoms with Gasteiger partial charge in [0.05, 0.1) is 11.7 Å². The van der Waals surface area contributed by atoms with Gasteiger partial charge >= 0.3 is 5.76 Å². The quantitative estimate of drug-likeness (QED) is 0.150. The van der Waals surface area contributed by atoms with E-state index < -0.39 is 23.5 Å². The van der Waals surface area contributed by atoms with Gasteiger partial charge in [-0.05, 0) is 113 Å². The van der Waals surface area contributed by atoms with Crippen LogP contribution in [0, 0.1) is 17.7 Å². The first-order valence-electron chi connectivity index (χ1n) is 22.0. The van der Waals surface area contributed by atoms with Gasteiger partial charge in [-0.15, -0.1) is 0 Å². The highest BCUT2D eigenvalue weighted by atomic mass is 19.1. The van der Waals surface area contributed by atoms with E-state index in [0.29, 0.717) is 46.6 Å². The van der Waals surface area contributed by atoms with Crippen molar-refractivity contribution in [3.63, 3.8) is 0 Å². The zero-order valence-electron chi connectivity index (χ0n) is 34.6. The number of benzene rings is 2. The first-order chi connectivity index (χ1) is 30.1. The van der Waals surface area contributed by atoms with E-state index in [1.807, 2.05) is 18.2 Å². The van der Waals surface area contributed by atoms with E-state index in [1.165, 1.54) is 21.4 Å². The SMILES string of the molecule is O=C1CCC(n2c(=O)oc3cc(N4CCC(CN5CCC(CC(=O)N[C@H]6CC[C@H](Nc7ncc(F)c(-c8cccc(-n9ccccc9=O)c8)n7)CC6)CC5)CC4)ccc32)C(=O)N1. The third-order valence-electron chi connectivity index (χ3n) is 13.2. The number of fused-ring (bicyclic) bond motifs is 1. The second-order valence-electron chi connectivity index (χ2n) is 17.3. The van der Waals surface area contributed by atoms with E-state index in [1.54, 1.807) is 42.6 Å². The molecule has 5 aromatic rings. The Morgan fingerprint density at radius 1 is 0.823 bits per heavy atom.